The quantitative estimate of drug-likeness (QED) is 0.0346. The van der Waals surface area contributed by atoms with Gasteiger partial charge in [-0.2, -0.15) is 0 Å². The van der Waals surface area contributed by atoms with Gasteiger partial charge in [-0.25, -0.2) is 0 Å². The molecule has 0 rings (SSSR count). The molecule has 0 aliphatic carbocycles. The van der Waals surface area contributed by atoms with Crippen molar-refractivity contribution in [2.24, 2.45) is 11.8 Å². The number of unbranched alkanes of at least 4 members (excludes halogenated alkanes) is 31. The molecule has 0 fully saturated rings. The Morgan fingerprint density at radius 1 is 0.328 bits per heavy atom. The Morgan fingerprint density at radius 3 is 0.845 bits per heavy atom. The average molecular weight is 821 g/mol. The number of esters is 3. The molecule has 0 saturated carbocycles. The zero-order chi connectivity index (χ0) is 42.6. The van der Waals surface area contributed by atoms with Crippen LogP contribution in [0.25, 0.3) is 0 Å². The van der Waals surface area contributed by atoms with Gasteiger partial charge in [0.15, 0.2) is 6.10 Å². The van der Waals surface area contributed by atoms with Gasteiger partial charge in [-0.3, -0.25) is 14.4 Å². The van der Waals surface area contributed by atoms with E-state index in [0.29, 0.717) is 19.3 Å². The number of ether oxygens (including phenoxy) is 3. The third-order valence-corrected chi connectivity index (χ3v) is 11.7. The van der Waals surface area contributed by atoms with Gasteiger partial charge >= 0.3 is 17.9 Å². The fourth-order valence-electron chi connectivity index (χ4n) is 7.81. The van der Waals surface area contributed by atoms with Crippen LogP contribution in [0.5, 0.6) is 0 Å². The van der Waals surface area contributed by atoms with Gasteiger partial charge in [0.25, 0.3) is 0 Å². The third kappa shape index (κ3) is 45.5. The molecule has 0 aromatic carbocycles. The molecular weight excluding hydrogens is 721 g/mol. The molecule has 0 aromatic rings. The summed E-state index contributed by atoms with van der Waals surface area (Å²) in [6.07, 6.45) is 45.3. The summed E-state index contributed by atoms with van der Waals surface area (Å²) < 4.78 is 16.8. The lowest BCUT2D eigenvalue weighted by Crippen LogP contribution is -2.30. The minimum Gasteiger partial charge on any atom is -0.462 e. The van der Waals surface area contributed by atoms with Crippen molar-refractivity contribution in [3.05, 3.63) is 0 Å². The maximum Gasteiger partial charge on any atom is 0.306 e. The van der Waals surface area contributed by atoms with E-state index in [-0.39, 0.29) is 31.1 Å². The number of hydrogen-bond donors (Lipinski definition) is 0. The van der Waals surface area contributed by atoms with Gasteiger partial charge in [-0.15, -0.1) is 0 Å². The van der Waals surface area contributed by atoms with Crippen LogP contribution in [-0.2, 0) is 28.6 Å². The van der Waals surface area contributed by atoms with Gasteiger partial charge in [-0.05, 0) is 31.1 Å². The number of carbonyl (C=O) groups excluding carboxylic acids is 3. The minimum atomic E-state index is -0.761. The second kappa shape index (κ2) is 44.9. The first-order valence-electron chi connectivity index (χ1n) is 25.7. The Labute approximate surface area is 361 Å². The summed E-state index contributed by atoms with van der Waals surface area (Å²) in [4.78, 5) is 37.8. The van der Waals surface area contributed by atoms with Crippen molar-refractivity contribution in [1.82, 2.24) is 0 Å². The highest BCUT2D eigenvalue weighted by Gasteiger charge is 2.19. The highest BCUT2D eigenvalue weighted by molar-refractivity contribution is 5.71. The number of carbonyl (C=O) groups is 3. The van der Waals surface area contributed by atoms with Crippen LogP contribution in [-0.4, -0.2) is 37.2 Å². The molecule has 58 heavy (non-hydrogen) atoms. The first-order valence-corrected chi connectivity index (χ1v) is 25.7. The summed E-state index contributed by atoms with van der Waals surface area (Å²) in [5, 5.41) is 0. The van der Waals surface area contributed by atoms with E-state index in [0.717, 1.165) is 69.6 Å². The summed E-state index contributed by atoms with van der Waals surface area (Å²) in [5.41, 5.74) is 0. The van der Waals surface area contributed by atoms with Gasteiger partial charge in [-0.1, -0.05) is 247 Å². The smallest absolute Gasteiger partial charge is 0.306 e. The van der Waals surface area contributed by atoms with Crippen molar-refractivity contribution in [3.8, 4) is 0 Å². The van der Waals surface area contributed by atoms with Crippen molar-refractivity contribution in [1.29, 1.82) is 0 Å². The van der Waals surface area contributed by atoms with E-state index >= 15 is 0 Å². The molecule has 6 heteroatoms. The predicted octanol–water partition coefficient (Wildman–Crippen LogP) is 16.5. The average Bonchev–Trinajstić information content (AvgIpc) is 3.19. The van der Waals surface area contributed by atoms with Crippen molar-refractivity contribution >= 4 is 17.9 Å². The second-order valence-electron chi connectivity index (χ2n) is 18.8. The molecule has 0 aromatic heterocycles. The topological polar surface area (TPSA) is 78.9 Å². The molecule has 0 radical (unpaired) electrons. The van der Waals surface area contributed by atoms with Crippen LogP contribution in [0.2, 0.25) is 0 Å². The van der Waals surface area contributed by atoms with Crippen molar-refractivity contribution in [2.45, 2.75) is 291 Å². The Balaban J connectivity index is 4.25. The van der Waals surface area contributed by atoms with Crippen molar-refractivity contribution in [2.75, 3.05) is 13.2 Å². The van der Waals surface area contributed by atoms with E-state index in [1.54, 1.807) is 0 Å². The molecule has 0 amide bonds. The normalized spacial score (nSPS) is 12.1. The molecule has 0 aliphatic rings. The molecule has 1 atom stereocenters. The van der Waals surface area contributed by atoms with Gasteiger partial charge in [0.05, 0.1) is 0 Å². The largest absolute Gasteiger partial charge is 0.462 e. The molecule has 6 nitrogen and oxygen atoms in total. The molecule has 0 saturated heterocycles. The molecule has 0 unspecified atom stereocenters. The SMILES string of the molecule is CCCCCCCCCCCCCCCC(=O)OC[C@@H](COC(=O)CCCCCCCCC(C)C)OC(=O)CCCCCCCCCCCCCCCCCC(C)C. The molecule has 0 N–H and O–H groups in total. The van der Waals surface area contributed by atoms with Gasteiger partial charge in [0.2, 0.25) is 0 Å². The first-order chi connectivity index (χ1) is 28.2. The molecule has 0 spiro atoms. The highest BCUT2D eigenvalue weighted by Crippen LogP contribution is 2.17. The van der Waals surface area contributed by atoms with Crippen molar-refractivity contribution in [3.63, 3.8) is 0 Å². The Bertz CT molecular complexity index is 885. The summed E-state index contributed by atoms with van der Waals surface area (Å²) >= 11 is 0. The zero-order valence-corrected chi connectivity index (χ0v) is 39.7. The Hall–Kier alpha value is -1.59. The molecule has 0 aliphatic heterocycles. The van der Waals surface area contributed by atoms with Crippen LogP contribution in [0.3, 0.4) is 0 Å². The van der Waals surface area contributed by atoms with Crippen LogP contribution in [0, 0.1) is 11.8 Å². The lowest BCUT2D eigenvalue weighted by Gasteiger charge is -2.18. The highest BCUT2D eigenvalue weighted by atomic mass is 16.6. The van der Waals surface area contributed by atoms with E-state index in [4.69, 9.17) is 14.2 Å². The lowest BCUT2D eigenvalue weighted by atomic mass is 10.0. The predicted molar refractivity (Wildman–Crippen MR) is 247 cm³/mol. The number of rotatable bonds is 46. The Morgan fingerprint density at radius 2 is 0.569 bits per heavy atom. The zero-order valence-electron chi connectivity index (χ0n) is 39.7. The van der Waals surface area contributed by atoms with E-state index in [2.05, 4.69) is 34.6 Å². The summed E-state index contributed by atoms with van der Waals surface area (Å²) in [6.45, 7) is 11.3. The molecule has 344 valence electrons. The number of hydrogen-bond acceptors (Lipinski definition) is 6. The van der Waals surface area contributed by atoms with Gasteiger partial charge < -0.3 is 14.2 Å². The maximum atomic E-state index is 12.8. The van der Waals surface area contributed by atoms with E-state index in [9.17, 15) is 14.4 Å². The second-order valence-corrected chi connectivity index (χ2v) is 18.8. The van der Waals surface area contributed by atoms with Crippen LogP contribution < -0.4 is 0 Å². The van der Waals surface area contributed by atoms with E-state index in [1.807, 2.05) is 0 Å². The molecule has 0 heterocycles. The minimum absolute atomic E-state index is 0.0644. The fourth-order valence-corrected chi connectivity index (χ4v) is 7.81. The summed E-state index contributed by atoms with van der Waals surface area (Å²) in [6, 6.07) is 0. The lowest BCUT2D eigenvalue weighted by molar-refractivity contribution is -0.167. The monoisotopic (exact) mass is 821 g/mol. The third-order valence-electron chi connectivity index (χ3n) is 11.7. The van der Waals surface area contributed by atoms with Crippen LogP contribution >= 0.6 is 0 Å². The summed E-state index contributed by atoms with van der Waals surface area (Å²) in [5.74, 6) is 0.758. The standard InChI is InChI=1S/C52H100O6/c1-6-7-8-9-10-11-12-16-20-23-26-32-37-42-50(53)56-45-49(46-57-51(54)43-38-33-29-28-31-36-41-48(4)5)58-52(55)44-39-34-27-24-21-18-15-13-14-17-19-22-25-30-35-40-47(2)3/h47-49H,6-46H2,1-5H3/t49-/m0/s1. The van der Waals surface area contributed by atoms with E-state index in [1.165, 1.54) is 173 Å². The van der Waals surface area contributed by atoms with Crippen LogP contribution in [0.15, 0.2) is 0 Å². The van der Waals surface area contributed by atoms with Crippen LogP contribution in [0.4, 0.5) is 0 Å². The van der Waals surface area contributed by atoms with Crippen molar-refractivity contribution < 1.29 is 28.6 Å². The fraction of sp³-hybridized carbons (Fsp3) is 0.942. The molecule has 0 bridgehead atoms. The van der Waals surface area contributed by atoms with Gasteiger partial charge in [0, 0.05) is 19.3 Å². The van der Waals surface area contributed by atoms with E-state index < -0.39 is 6.10 Å². The maximum absolute atomic E-state index is 12.8. The van der Waals surface area contributed by atoms with Crippen LogP contribution in [0.1, 0.15) is 285 Å². The van der Waals surface area contributed by atoms with Gasteiger partial charge in [0.1, 0.15) is 13.2 Å². The summed E-state index contributed by atoms with van der Waals surface area (Å²) in [7, 11) is 0. The Kier molecular flexibility index (Phi) is 43.7. The molecular formula is C52H100O6. The first kappa shape index (κ1) is 56.4.